The van der Waals surface area contributed by atoms with Crippen molar-refractivity contribution in [2.24, 2.45) is 0 Å². The first-order chi connectivity index (χ1) is 15.3. The molecule has 0 atom stereocenters. The van der Waals surface area contributed by atoms with Crippen molar-refractivity contribution >= 4 is 28.2 Å². The first-order valence-corrected chi connectivity index (χ1v) is 10.5. The Morgan fingerprint density at radius 1 is 0.938 bits per heavy atom. The first-order valence-electron chi connectivity index (χ1n) is 10.5. The number of rotatable bonds is 5. The molecule has 0 aliphatic rings. The van der Waals surface area contributed by atoms with Gasteiger partial charge in [0.1, 0.15) is 17.9 Å². The van der Waals surface area contributed by atoms with Gasteiger partial charge in [-0.1, -0.05) is 45.0 Å². The van der Waals surface area contributed by atoms with Gasteiger partial charge >= 0.3 is 0 Å². The molecule has 0 saturated heterocycles. The summed E-state index contributed by atoms with van der Waals surface area (Å²) in [4.78, 5) is 21.2. The minimum Gasteiger partial charge on any atom is -0.439 e. The first kappa shape index (κ1) is 21.3. The third-order valence-electron chi connectivity index (χ3n) is 5.23. The number of ether oxygens (including phenoxy) is 1. The Balaban J connectivity index is 1.56. The fourth-order valence-corrected chi connectivity index (χ4v) is 3.43. The van der Waals surface area contributed by atoms with E-state index in [9.17, 15) is 4.79 Å². The molecule has 162 valence electrons. The smallest absolute Gasteiger partial charge is 0.256 e. The van der Waals surface area contributed by atoms with Crippen molar-refractivity contribution < 1.29 is 9.53 Å². The van der Waals surface area contributed by atoms with E-state index in [2.05, 4.69) is 53.5 Å². The molecule has 6 nitrogen and oxygen atoms in total. The third kappa shape index (κ3) is 4.70. The summed E-state index contributed by atoms with van der Waals surface area (Å²) in [6.07, 6.45) is 1.44. The summed E-state index contributed by atoms with van der Waals surface area (Å²) >= 11 is 0. The molecule has 0 aliphatic carbocycles. The van der Waals surface area contributed by atoms with Crippen LogP contribution in [0.4, 0.5) is 11.5 Å². The minimum absolute atomic E-state index is 0.0678. The van der Waals surface area contributed by atoms with E-state index >= 15 is 0 Å². The van der Waals surface area contributed by atoms with Crippen LogP contribution in [-0.4, -0.2) is 22.9 Å². The molecule has 32 heavy (non-hydrogen) atoms. The Labute approximate surface area is 187 Å². The van der Waals surface area contributed by atoms with Gasteiger partial charge in [-0.05, 0) is 58.1 Å². The quantitative estimate of drug-likeness (QED) is 0.408. The van der Waals surface area contributed by atoms with E-state index in [0.29, 0.717) is 23.0 Å². The molecule has 6 heteroatoms. The molecule has 4 aromatic rings. The van der Waals surface area contributed by atoms with E-state index in [4.69, 9.17) is 4.74 Å². The summed E-state index contributed by atoms with van der Waals surface area (Å²) in [5, 5.41) is 7.71. The van der Waals surface area contributed by atoms with Crippen molar-refractivity contribution in [2.75, 3.05) is 17.7 Å². The summed E-state index contributed by atoms with van der Waals surface area (Å²) in [7, 11) is 1.79. The van der Waals surface area contributed by atoms with Crippen LogP contribution in [0.15, 0.2) is 73.1 Å². The second-order valence-corrected chi connectivity index (χ2v) is 8.56. The maximum absolute atomic E-state index is 13.0. The zero-order valence-corrected chi connectivity index (χ0v) is 18.6. The van der Waals surface area contributed by atoms with E-state index in [0.717, 1.165) is 16.5 Å². The zero-order valence-electron chi connectivity index (χ0n) is 18.6. The molecule has 0 radical (unpaired) electrons. The highest BCUT2D eigenvalue weighted by Gasteiger charge is 2.15. The molecule has 0 aliphatic heterocycles. The van der Waals surface area contributed by atoms with Crippen molar-refractivity contribution in [1.29, 1.82) is 0 Å². The highest BCUT2D eigenvalue weighted by molar-refractivity contribution is 6.13. The van der Waals surface area contributed by atoms with Gasteiger partial charge < -0.3 is 15.4 Å². The van der Waals surface area contributed by atoms with Gasteiger partial charge in [0.05, 0.1) is 0 Å². The number of nitrogens with one attached hydrogen (secondary N) is 2. The molecule has 0 unspecified atom stereocenters. The maximum atomic E-state index is 13.0. The summed E-state index contributed by atoms with van der Waals surface area (Å²) in [5.41, 5.74) is 2.66. The Morgan fingerprint density at radius 3 is 2.44 bits per heavy atom. The third-order valence-corrected chi connectivity index (χ3v) is 5.23. The highest BCUT2D eigenvalue weighted by atomic mass is 16.5. The SMILES string of the molecule is CNc1cc(Oc2ccc3c(C(=O)Nc4ccc(C(C)(C)C)cc4)cccc3c2)ncn1. The number of fused-ring (bicyclic) bond motifs is 1. The molecular weight excluding hydrogens is 400 g/mol. The van der Waals surface area contributed by atoms with Crippen molar-refractivity contribution in [3.05, 3.63) is 84.2 Å². The number of nitrogens with zero attached hydrogens (tertiary/aromatic N) is 2. The molecule has 0 saturated carbocycles. The van der Waals surface area contributed by atoms with E-state index in [1.54, 1.807) is 13.1 Å². The number of benzene rings is 3. The molecule has 0 spiro atoms. The number of aromatic nitrogens is 2. The lowest BCUT2D eigenvalue weighted by Gasteiger charge is -2.19. The van der Waals surface area contributed by atoms with Gasteiger partial charge in [0, 0.05) is 24.4 Å². The molecule has 1 amide bonds. The molecule has 0 fully saturated rings. The van der Waals surface area contributed by atoms with Crippen LogP contribution in [0.3, 0.4) is 0 Å². The van der Waals surface area contributed by atoms with Gasteiger partial charge in [-0.2, -0.15) is 0 Å². The van der Waals surface area contributed by atoms with E-state index in [-0.39, 0.29) is 11.3 Å². The zero-order chi connectivity index (χ0) is 22.7. The van der Waals surface area contributed by atoms with Gasteiger partial charge in [-0.15, -0.1) is 0 Å². The predicted molar refractivity (Wildman–Crippen MR) is 129 cm³/mol. The van der Waals surface area contributed by atoms with Crippen LogP contribution in [0.1, 0.15) is 36.7 Å². The van der Waals surface area contributed by atoms with E-state index in [1.807, 2.05) is 48.5 Å². The average Bonchev–Trinajstić information content (AvgIpc) is 2.78. The largest absolute Gasteiger partial charge is 0.439 e. The van der Waals surface area contributed by atoms with Crippen molar-refractivity contribution in [1.82, 2.24) is 9.97 Å². The number of amides is 1. The fraction of sp³-hybridized carbons (Fsp3) is 0.192. The summed E-state index contributed by atoms with van der Waals surface area (Å²) in [6, 6.07) is 21.0. The molecule has 1 heterocycles. The van der Waals surface area contributed by atoms with Gasteiger partial charge in [0.25, 0.3) is 5.91 Å². The average molecular weight is 427 g/mol. The van der Waals surface area contributed by atoms with E-state index in [1.165, 1.54) is 11.9 Å². The molecule has 2 N–H and O–H groups in total. The summed E-state index contributed by atoms with van der Waals surface area (Å²) in [5.74, 6) is 1.59. The Kier molecular flexibility index (Phi) is 5.77. The highest BCUT2D eigenvalue weighted by Crippen LogP contribution is 2.28. The second-order valence-electron chi connectivity index (χ2n) is 8.56. The number of hydrogen-bond donors (Lipinski definition) is 2. The van der Waals surface area contributed by atoms with Gasteiger partial charge in [-0.25, -0.2) is 9.97 Å². The van der Waals surface area contributed by atoms with Crippen LogP contribution < -0.4 is 15.4 Å². The minimum atomic E-state index is -0.151. The van der Waals surface area contributed by atoms with E-state index < -0.39 is 0 Å². The number of anilines is 2. The molecular formula is C26H26N4O2. The normalized spacial score (nSPS) is 11.2. The van der Waals surface area contributed by atoms with Crippen LogP contribution in [0.25, 0.3) is 10.8 Å². The lowest BCUT2D eigenvalue weighted by molar-refractivity contribution is 0.102. The number of hydrogen-bond acceptors (Lipinski definition) is 5. The summed E-state index contributed by atoms with van der Waals surface area (Å²) in [6.45, 7) is 6.50. The van der Waals surface area contributed by atoms with Crippen molar-refractivity contribution in [3.63, 3.8) is 0 Å². The fourth-order valence-electron chi connectivity index (χ4n) is 3.43. The molecule has 4 rings (SSSR count). The van der Waals surface area contributed by atoms with Crippen LogP contribution in [0.5, 0.6) is 11.6 Å². The maximum Gasteiger partial charge on any atom is 0.256 e. The monoisotopic (exact) mass is 426 g/mol. The van der Waals surface area contributed by atoms with Crippen LogP contribution in [-0.2, 0) is 5.41 Å². The molecule has 3 aromatic carbocycles. The standard InChI is InChI=1S/C26H26N4O2/c1-26(2,3)18-8-10-19(11-9-18)30-25(31)22-7-5-6-17-14-20(12-13-21(17)22)32-24-15-23(27-4)28-16-29-24/h5-16H,1-4H3,(H,30,31)(H,27,28,29). The molecule has 1 aromatic heterocycles. The Morgan fingerprint density at radius 2 is 1.72 bits per heavy atom. The predicted octanol–water partition coefficient (Wildman–Crippen LogP) is 6.01. The van der Waals surface area contributed by atoms with Gasteiger partial charge in [0.15, 0.2) is 0 Å². The number of carbonyl (C=O) groups excluding carboxylic acids is 1. The summed E-state index contributed by atoms with van der Waals surface area (Å²) < 4.78 is 5.87. The van der Waals surface area contributed by atoms with Crippen LogP contribution in [0.2, 0.25) is 0 Å². The van der Waals surface area contributed by atoms with Crippen LogP contribution >= 0.6 is 0 Å². The molecule has 0 bridgehead atoms. The lowest BCUT2D eigenvalue weighted by Crippen LogP contribution is -2.14. The lowest BCUT2D eigenvalue weighted by atomic mass is 9.87. The topological polar surface area (TPSA) is 76.1 Å². The Bertz CT molecular complexity index is 1260. The van der Waals surface area contributed by atoms with Crippen molar-refractivity contribution in [3.8, 4) is 11.6 Å². The van der Waals surface area contributed by atoms with Gasteiger partial charge in [0.2, 0.25) is 5.88 Å². The van der Waals surface area contributed by atoms with Gasteiger partial charge in [-0.3, -0.25) is 4.79 Å². The van der Waals surface area contributed by atoms with Crippen LogP contribution in [0, 0.1) is 0 Å². The second kappa shape index (κ2) is 8.67. The van der Waals surface area contributed by atoms with Crippen molar-refractivity contribution in [2.45, 2.75) is 26.2 Å². The number of carbonyl (C=O) groups is 1. The Hall–Kier alpha value is -3.93.